The number of nitrogens with one attached hydrogen (secondary N) is 1. The van der Waals surface area contributed by atoms with Crippen LogP contribution in [0.15, 0.2) is 18.2 Å². The largest absolute Gasteiger partial charge is 0.444 e. The number of benzene rings is 1. The number of carbonyl (C=O) groups is 5. The van der Waals surface area contributed by atoms with Gasteiger partial charge in [-0.3, -0.25) is 34.3 Å². The predicted octanol–water partition coefficient (Wildman–Crippen LogP) is 1.14. The number of piperidine rings is 1. The highest BCUT2D eigenvalue weighted by Crippen LogP contribution is 2.30. The van der Waals surface area contributed by atoms with Crippen molar-refractivity contribution in [1.29, 1.82) is 0 Å². The number of ether oxygens (including phenoxy) is 1. The van der Waals surface area contributed by atoms with Gasteiger partial charge in [0, 0.05) is 39.1 Å². The predicted molar refractivity (Wildman–Crippen MR) is 116 cm³/mol. The van der Waals surface area contributed by atoms with E-state index in [9.17, 15) is 24.0 Å². The Morgan fingerprint density at radius 2 is 1.76 bits per heavy atom. The fraction of sp³-hybridized carbons (Fsp3) is 0.522. The molecule has 5 amide bonds. The minimum absolute atomic E-state index is 0.0819. The summed E-state index contributed by atoms with van der Waals surface area (Å²) in [5, 5.41) is 2.21. The van der Waals surface area contributed by atoms with Gasteiger partial charge in [0.25, 0.3) is 11.8 Å². The Labute approximate surface area is 191 Å². The van der Waals surface area contributed by atoms with Crippen LogP contribution in [0.1, 0.15) is 59.9 Å². The maximum atomic E-state index is 13.2. The van der Waals surface area contributed by atoms with Crippen LogP contribution in [-0.4, -0.2) is 82.2 Å². The zero-order valence-electron chi connectivity index (χ0n) is 19.1. The fourth-order valence-electron chi connectivity index (χ4n) is 4.37. The summed E-state index contributed by atoms with van der Waals surface area (Å²) < 4.78 is 5.43. The molecule has 2 fully saturated rings. The normalized spacial score (nSPS) is 21.8. The quantitative estimate of drug-likeness (QED) is 0.678. The van der Waals surface area contributed by atoms with Crippen molar-refractivity contribution in [1.82, 2.24) is 20.0 Å². The molecule has 0 saturated carbocycles. The first-order valence-electron chi connectivity index (χ1n) is 11.1. The standard InChI is InChI=1S/C23H28N4O6/c1-23(2,3)33-22(32)26-11-9-25(10-12-26)13-14-5-4-6-15-18(14)21(31)27(20(15)30)16-7-8-17(28)24-19(16)29/h4-6,16H,7-13H2,1-3H3,(H,24,28,29). The molecule has 176 valence electrons. The van der Waals surface area contributed by atoms with Gasteiger partial charge in [-0.05, 0) is 38.8 Å². The summed E-state index contributed by atoms with van der Waals surface area (Å²) in [6.45, 7) is 8.12. The Morgan fingerprint density at radius 1 is 1.06 bits per heavy atom. The van der Waals surface area contributed by atoms with Crippen LogP contribution in [0, 0.1) is 0 Å². The van der Waals surface area contributed by atoms with Crippen molar-refractivity contribution in [3.05, 3.63) is 34.9 Å². The maximum Gasteiger partial charge on any atom is 0.410 e. The number of hydrogen-bond donors (Lipinski definition) is 1. The van der Waals surface area contributed by atoms with E-state index >= 15 is 0 Å². The number of rotatable bonds is 3. The average molecular weight is 456 g/mol. The molecule has 1 aromatic carbocycles. The van der Waals surface area contributed by atoms with E-state index < -0.39 is 35.3 Å². The second-order valence-electron chi connectivity index (χ2n) is 9.53. The van der Waals surface area contributed by atoms with E-state index in [0.717, 1.165) is 4.90 Å². The van der Waals surface area contributed by atoms with Crippen molar-refractivity contribution in [3.8, 4) is 0 Å². The molecular weight excluding hydrogens is 428 g/mol. The number of piperazine rings is 1. The van der Waals surface area contributed by atoms with Crippen molar-refractivity contribution < 1.29 is 28.7 Å². The monoisotopic (exact) mass is 456 g/mol. The summed E-state index contributed by atoms with van der Waals surface area (Å²) in [6.07, 6.45) is -0.139. The lowest BCUT2D eigenvalue weighted by Gasteiger charge is -2.35. The molecular formula is C23H28N4O6. The van der Waals surface area contributed by atoms with Gasteiger partial charge in [0.05, 0.1) is 11.1 Å². The smallest absolute Gasteiger partial charge is 0.410 e. The van der Waals surface area contributed by atoms with Crippen molar-refractivity contribution in [2.24, 2.45) is 0 Å². The number of fused-ring (bicyclic) bond motifs is 1. The molecule has 1 unspecified atom stereocenters. The summed E-state index contributed by atoms with van der Waals surface area (Å²) >= 11 is 0. The minimum atomic E-state index is -0.986. The summed E-state index contributed by atoms with van der Waals surface area (Å²) in [5.41, 5.74) is 0.725. The van der Waals surface area contributed by atoms with Crippen LogP contribution in [0.2, 0.25) is 0 Å². The Kier molecular flexibility index (Phi) is 5.96. The lowest BCUT2D eigenvalue weighted by atomic mass is 10.0. The fourth-order valence-corrected chi connectivity index (χ4v) is 4.37. The molecule has 10 heteroatoms. The molecule has 0 aromatic heterocycles. The second-order valence-corrected chi connectivity index (χ2v) is 9.53. The molecule has 33 heavy (non-hydrogen) atoms. The van der Waals surface area contributed by atoms with Gasteiger partial charge in [0.2, 0.25) is 11.8 Å². The number of imide groups is 2. The Morgan fingerprint density at radius 3 is 2.39 bits per heavy atom. The third kappa shape index (κ3) is 4.61. The van der Waals surface area contributed by atoms with Crippen molar-refractivity contribution in [2.45, 2.75) is 51.8 Å². The zero-order chi connectivity index (χ0) is 23.9. The van der Waals surface area contributed by atoms with E-state index in [1.165, 1.54) is 0 Å². The maximum absolute atomic E-state index is 13.2. The number of amides is 5. The molecule has 0 bridgehead atoms. The van der Waals surface area contributed by atoms with E-state index in [-0.39, 0.29) is 24.5 Å². The van der Waals surface area contributed by atoms with E-state index in [1.807, 2.05) is 20.8 Å². The molecule has 0 aliphatic carbocycles. The summed E-state index contributed by atoms with van der Waals surface area (Å²) in [7, 11) is 0. The number of hydrogen-bond acceptors (Lipinski definition) is 7. The van der Waals surface area contributed by atoms with Crippen LogP contribution in [0.25, 0.3) is 0 Å². The van der Waals surface area contributed by atoms with Crippen molar-refractivity contribution >= 4 is 29.7 Å². The van der Waals surface area contributed by atoms with Crippen LogP contribution < -0.4 is 5.32 Å². The lowest BCUT2D eigenvalue weighted by molar-refractivity contribution is -0.136. The molecule has 0 radical (unpaired) electrons. The van der Waals surface area contributed by atoms with E-state index in [4.69, 9.17) is 4.74 Å². The van der Waals surface area contributed by atoms with Crippen LogP contribution in [0.3, 0.4) is 0 Å². The lowest BCUT2D eigenvalue weighted by Crippen LogP contribution is -2.54. The molecule has 10 nitrogen and oxygen atoms in total. The summed E-state index contributed by atoms with van der Waals surface area (Å²) in [6, 6.07) is 4.13. The topological polar surface area (TPSA) is 116 Å². The van der Waals surface area contributed by atoms with Gasteiger partial charge in [-0.25, -0.2) is 4.79 Å². The molecule has 1 aromatic rings. The molecule has 3 heterocycles. The highest BCUT2D eigenvalue weighted by Gasteiger charge is 2.45. The highest BCUT2D eigenvalue weighted by atomic mass is 16.6. The van der Waals surface area contributed by atoms with Crippen LogP contribution >= 0.6 is 0 Å². The third-order valence-corrected chi connectivity index (χ3v) is 5.97. The molecule has 2 saturated heterocycles. The highest BCUT2D eigenvalue weighted by molar-refractivity contribution is 6.24. The van der Waals surface area contributed by atoms with E-state index in [1.54, 1.807) is 23.1 Å². The average Bonchev–Trinajstić information content (AvgIpc) is 2.99. The van der Waals surface area contributed by atoms with Crippen LogP contribution in [0.5, 0.6) is 0 Å². The summed E-state index contributed by atoms with van der Waals surface area (Å²) in [4.78, 5) is 67.0. The zero-order valence-corrected chi connectivity index (χ0v) is 19.1. The van der Waals surface area contributed by atoms with Gasteiger partial charge in [-0.15, -0.1) is 0 Å². The van der Waals surface area contributed by atoms with Crippen LogP contribution in [-0.2, 0) is 20.9 Å². The third-order valence-electron chi connectivity index (χ3n) is 5.97. The first kappa shape index (κ1) is 22.9. The summed E-state index contributed by atoms with van der Waals surface area (Å²) in [5.74, 6) is -2.05. The van der Waals surface area contributed by atoms with Gasteiger partial charge in [-0.1, -0.05) is 12.1 Å². The first-order chi connectivity index (χ1) is 15.5. The Balaban J connectivity index is 1.45. The Bertz CT molecular complexity index is 1020. The number of nitrogens with zero attached hydrogens (tertiary/aromatic N) is 3. The minimum Gasteiger partial charge on any atom is -0.444 e. The van der Waals surface area contributed by atoms with Crippen molar-refractivity contribution in [3.63, 3.8) is 0 Å². The number of carbonyl (C=O) groups excluding carboxylic acids is 5. The second kappa shape index (κ2) is 8.58. The van der Waals surface area contributed by atoms with E-state index in [0.29, 0.717) is 43.9 Å². The van der Waals surface area contributed by atoms with E-state index in [2.05, 4.69) is 10.2 Å². The molecule has 4 rings (SSSR count). The molecule has 0 spiro atoms. The molecule has 1 atom stereocenters. The van der Waals surface area contributed by atoms with Gasteiger partial charge < -0.3 is 9.64 Å². The van der Waals surface area contributed by atoms with Gasteiger partial charge in [0.15, 0.2) is 0 Å². The van der Waals surface area contributed by atoms with Gasteiger partial charge in [0.1, 0.15) is 11.6 Å². The van der Waals surface area contributed by atoms with Crippen LogP contribution in [0.4, 0.5) is 4.79 Å². The van der Waals surface area contributed by atoms with Crippen molar-refractivity contribution in [2.75, 3.05) is 26.2 Å². The Hall–Kier alpha value is -3.27. The molecule has 3 aliphatic heterocycles. The first-order valence-corrected chi connectivity index (χ1v) is 11.1. The van der Waals surface area contributed by atoms with Gasteiger partial charge in [-0.2, -0.15) is 0 Å². The SMILES string of the molecule is CC(C)(C)OC(=O)N1CCN(Cc2cccc3c2C(=O)N(C2CCC(=O)NC2=O)C3=O)CC1. The molecule has 3 aliphatic rings. The molecule has 1 N–H and O–H groups in total. The van der Waals surface area contributed by atoms with Gasteiger partial charge >= 0.3 is 6.09 Å².